The standard InChI is InChI=1S/C20H18F2N2O4S/c1-24-10-12(11-7-8-14-15(9-11)28-20(21,22)27-14)17(19(24)26)18(25)23-13-5-3-4-6-16(13)29-2/h3-9,12,17H,10H2,1-2H3,(H,23,25)/t12-,17+/m1/s1. The van der Waals surface area contributed by atoms with E-state index in [9.17, 15) is 18.4 Å². The third-order valence-corrected chi connectivity index (χ3v) is 5.81. The number of likely N-dealkylation sites (tertiary alicyclic amines) is 1. The molecule has 2 atom stereocenters. The number of hydrogen-bond donors (Lipinski definition) is 1. The Balaban J connectivity index is 1.62. The molecule has 1 N–H and O–H groups in total. The molecule has 2 aromatic carbocycles. The molecule has 0 saturated carbocycles. The number of anilines is 1. The number of halogens is 2. The second kappa shape index (κ2) is 7.22. The molecular formula is C20H18F2N2O4S. The zero-order valence-electron chi connectivity index (χ0n) is 15.6. The van der Waals surface area contributed by atoms with E-state index in [1.807, 2.05) is 18.4 Å². The third kappa shape index (κ3) is 3.62. The summed E-state index contributed by atoms with van der Waals surface area (Å²) >= 11 is 1.48. The van der Waals surface area contributed by atoms with E-state index in [2.05, 4.69) is 14.8 Å². The first-order valence-corrected chi connectivity index (χ1v) is 10.1. The summed E-state index contributed by atoms with van der Waals surface area (Å²) in [5.41, 5.74) is 1.18. The van der Waals surface area contributed by atoms with Crippen molar-refractivity contribution < 1.29 is 27.8 Å². The van der Waals surface area contributed by atoms with Crippen LogP contribution in [0.15, 0.2) is 47.4 Å². The molecule has 0 radical (unpaired) electrons. The van der Waals surface area contributed by atoms with Crippen molar-refractivity contribution >= 4 is 29.3 Å². The fourth-order valence-electron chi connectivity index (χ4n) is 3.65. The Kier molecular flexibility index (Phi) is 4.85. The fourth-order valence-corrected chi connectivity index (χ4v) is 4.20. The van der Waals surface area contributed by atoms with Gasteiger partial charge in [0.05, 0.1) is 5.69 Å². The van der Waals surface area contributed by atoms with Crippen LogP contribution >= 0.6 is 11.8 Å². The van der Waals surface area contributed by atoms with Gasteiger partial charge in [-0.15, -0.1) is 20.5 Å². The van der Waals surface area contributed by atoms with Crippen LogP contribution in [-0.4, -0.2) is 42.9 Å². The second-order valence-electron chi connectivity index (χ2n) is 6.87. The Morgan fingerprint density at radius 3 is 2.69 bits per heavy atom. The number of amides is 2. The van der Waals surface area contributed by atoms with Gasteiger partial charge in [-0.2, -0.15) is 0 Å². The Hall–Kier alpha value is -2.81. The molecule has 1 fully saturated rings. The highest BCUT2D eigenvalue weighted by Gasteiger charge is 2.47. The highest BCUT2D eigenvalue weighted by molar-refractivity contribution is 7.98. The average molecular weight is 420 g/mol. The minimum atomic E-state index is -3.72. The van der Waals surface area contributed by atoms with Gasteiger partial charge in [0.25, 0.3) is 0 Å². The number of carbonyl (C=O) groups excluding carboxylic acids is 2. The lowest BCUT2D eigenvalue weighted by atomic mass is 9.87. The van der Waals surface area contributed by atoms with Gasteiger partial charge in [0.15, 0.2) is 11.5 Å². The van der Waals surface area contributed by atoms with Crippen molar-refractivity contribution in [3.8, 4) is 11.5 Å². The molecule has 4 rings (SSSR count). The number of carbonyl (C=O) groups is 2. The maximum atomic E-state index is 13.3. The van der Waals surface area contributed by atoms with Crippen molar-refractivity contribution in [3.05, 3.63) is 48.0 Å². The van der Waals surface area contributed by atoms with Gasteiger partial charge in [-0.25, -0.2) is 0 Å². The molecule has 0 aliphatic carbocycles. The van der Waals surface area contributed by atoms with E-state index < -0.39 is 24.0 Å². The Morgan fingerprint density at radius 1 is 1.21 bits per heavy atom. The summed E-state index contributed by atoms with van der Waals surface area (Å²) in [6, 6.07) is 11.7. The molecule has 2 aliphatic heterocycles. The maximum absolute atomic E-state index is 13.3. The van der Waals surface area contributed by atoms with Gasteiger partial charge in [-0.05, 0) is 36.1 Å². The predicted octanol–water partition coefficient (Wildman–Crippen LogP) is 3.54. The number of nitrogens with one attached hydrogen (secondary N) is 1. The number of hydrogen-bond acceptors (Lipinski definition) is 5. The summed E-state index contributed by atoms with van der Waals surface area (Å²) in [5, 5.41) is 2.84. The molecule has 0 aromatic heterocycles. The van der Waals surface area contributed by atoms with E-state index in [-0.39, 0.29) is 24.0 Å². The van der Waals surface area contributed by atoms with Crippen LogP contribution in [0.5, 0.6) is 11.5 Å². The lowest BCUT2D eigenvalue weighted by molar-refractivity contribution is -0.286. The summed E-state index contributed by atoms with van der Waals surface area (Å²) in [5.74, 6) is -2.42. The van der Waals surface area contributed by atoms with E-state index in [0.29, 0.717) is 11.3 Å². The number of benzene rings is 2. The van der Waals surface area contributed by atoms with Gasteiger partial charge < -0.3 is 19.7 Å². The van der Waals surface area contributed by atoms with Crippen LogP contribution < -0.4 is 14.8 Å². The van der Waals surface area contributed by atoms with Crippen LogP contribution in [0, 0.1) is 5.92 Å². The number of para-hydroxylation sites is 1. The third-order valence-electron chi connectivity index (χ3n) is 5.02. The van der Waals surface area contributed by atoms with Crippen LogP contribution in [0.25, 0.3) is 0 Å². The monoisotopic (exact) mass is 420 g/mol. The molecule has 152 valence electrons. The van der Waals surface area contributed by atoms with E-state index in [0.717, 1.165) is 4.90 Å². The van der Waals surface area contributed by atoms with Crippen LogP contribution in [-0.2, 0) is 9.59 Å². The lowest BCUT2D eigenvalue weighted by Crippen LogP contribution is -2.32. The van der Waals surface area contributed by atoms with Crippen molar-refractivity contribution in [2.24, 2.45) is 5.92 Å². The molecule has 6 nitrogen and oxygen atoms in total. The van der Waals surface area contributed by atoms with Gasteiger partial charge in [0.2, 0.25) is 11.8 Å². The smallest absolute Gasteiger partial charge is 0.395 e. The Morgan fingerprint density at radius 2 is 1.93 bits per heavy atom. The zero-order chi connectivity index (χ0) is 20.8. The summed E-state index contributed by atoms with van der Waals surface area (Å²) in [7, 11) is 1.61. The van der Waals surface area contributed by atoms with Crippen molar-refractivity contribution in [2.45, 2.75) is 17.1 Å². The molecule has 2 aliphatic rings. The summed E-state index contributed by atoms with van der Waals surface area (Å²) in [6.07, 6.45) is -1.83. The van der Waals surface area contributed by atoms with E-state index in [1.54, 1.807) is 25.2 Å². The fraction of sp³-hybridized carbons (Fsp3) is 0.300. The molecule has 0 bridgehead atoms. The summed E-state index contributed by atoms with van der Waals surface area (Å²) in [4.78, 5) is 28.1. The highest BCUT2D eigenvalue weighted by atomic mass is 32.2. The average Bonchev–Trinajstić information content (AvgIpc) is 3.15. The largest absolute Gasteiger partial charge is 0.586 e. The van der Waals surface area contributed by atoms with Crippen LogP contribution in [0.2, 0.25) is 0 Å². The molecule has 2 aromatic rings. The minimum Gasteiger partial charge on any atom is -0.395 e. The first-order chi connectivity index (χ1) is 13.8. The second-order valence-corrected chi connectivity index (χ2v) is 7.71. The quantitative estimate of drug-likeness (QED) is 0.605. The number of rotatable bonds is 4. The van der Waals surface area contributed by atoms with Crippen LogP contribution in [0.4, 0.5) is 14.5 Å². The van der Waals surface area contributed by atoms with Crippen molar-refractivity contribution in [1.29, 1.82) is 0 Å². The highest BCUT2D eigenvalue weighted by Crippen LogP contribution is 2.44. The molecule has 9 heteroatoms. The van der Waals surface area contributed by atoms with Crippen LogP contribution in [0.3, 0.4) is 0 Å². The van der Waals surface area contributed by atoms with Gasteiger partial charge in [-0.3, -0.25) is 9.59 Å². The van der Waals surface area contributed by atoms with Crippen molar-refractivity contribution in [3.63, 3.8) is 0 Å². The summed E-state index contributed by atoms with van der Waals surface area (Å²) in [6.45, 7) is 0.289. The number of alkyl halides is 2. The van der Waals surface area contributed by atoms with E-state index >= 15 is 0 Å². The first-order valence-electron chi connectivity index (χ1n) is 8.88. The van der Waals surface area contributed by atoms with Gasteiger partial charge in [-0.1, -0.05) is 18.2 Å². The molecule has 2 amide bonds. The molecule has 29 heavy (non-hydrogen) atoms. The first kappa shape index (κ1) is 19.5. The summed E-state index contributed by atoms with van der Waals surface area (Å²) < 4.78 is 35.6. The van der Waals surface area contributed by atoms with Gasteiger partial charge >= 0.3 is 6.29 Å². The SMILES string of the molecule is CSc1ccccc1NC(=O)[C@H]1C(=O)N(C)C[C@@H]1c1ccc2c(c1)OC(F)(F)O2. The number of nitrogens with zero attached hydrogens (tertiary/aromatic N) is 1. The Labute approximate surface area is 170 Å². The van der Waals surface area contributed by atoms with E-state index in [4.69, 9.17) is 0 Å². The zero-order valence-corrected chi connectivity index (χ0v) is 16.5. The number of likely N-dealkylation sites (N-methyl/N-ethyl adjacent to an activating group) is 1. The Bertz CT molecular complexity index is 985. The number of fused-ring (bicyclic) bond motifs is 1. The lowest BCUT2D eigenvalue weighted by Gasteiger charge is -2.18. The van der Waals surface area contributed by atoms with Crippen molar-refractivity contribution in [1.82, 2.24) is 4.90 Å². The number of thioether (sulfide) groups is 1. The minimum absolute atomic E-state index is 0.0775. The van der Waals surface area contributed by atoms with Crippen molar-refractivity contribution in [2.75, 3.05) is 25.2 Å². The molecule has 0 unspecified atom stereocenters. The predicted molar refractivity (Wildman–Crippen MR) is 103 cm³/mol. The van der Waals surface area contributed by atoms with Gasteiger partial charge in [0, 0.05) is 24.4 Å². The molecule has 1 saturated heterocycles. The molecule has 2 heterocycles. The molecular weight excluding hydrogens is 402 g/mol. The molecule has 0 spiro atoms. The van der Waals surface area contributed by atoms with E-state index in [1.165, 1.54) is 28.8 Å². The van der Waals surface area contributed by atoms with Gasteiger partial charge in [0.1, 0.15) is 5.92 Å². The topological polar surface area (TPSA) is 67.9 Å². The maximum Gasteiger partial charge on any atom is 0.586 e. The van der Waals surface area contributed by atoms with Crippen LogP contribution in [0.1, 0.15) is 11.5 Å². The normalized spacial score (nSPS) is 22.1. The number of ether oxygens (including phenoxy) is 2.